The Balaban J connectivity index is 2.44. The summed E-state index contributed by atoms with van der Waals surface area (Å²) in [7, 11) is 0. The van der Waals surface area contributed by atoms with E-state index in [2.05, 4.69) is 18.8 Å². The Morgan fingerprint density at radius 1 is 1.55 bits per heavy atom. The zero-order chi connectivity index (χ0) is 14.9. The molecular weight excluding hydrogens is 282 g/mol. The summed E-state index contributed by atoms with van der Waals surface area (Å²) in [6.07, 6.45) is 0. The van der Waals surface area contributed by atoms with Gasteiger partial charge in [-0.05, 0) is 19.9 Å². The van der Waals surface area contributed by atoms with E-state index in [9.17, 15) is 14.9 Å². The number of nitro groups is 1. The molecule has 0 unspecified atom stereocenters. The summed E-state index contributed by atoms with van der Waals surface area (Å²) in [6.45, 7) is 5.31. The largest absolute Gasteiger partial charge is 0.477 e. The van der Waals surface area contributed by atoms with Crippen molar-refractivity contribution < 1.29 is 14.8 Å². The molecule has 0 radical (unpaired) electrons. The maximum absolute atomic E-state index is 11.1. The van der Waals surface area contributed by atoms with Crippen molar-refractivity contribution in [1.82, 2.24) is 4.98 Å². The summed E-state index contributed by atoms with van der Waals surface area (Å²) in [5.41, 5.74) is -0.334. The van der Waals surface area contributed by atoms with Gasteiger partial charge in [-0.1, -0.05) is 0 Å². The number of carboxylic acid groups (broad SMARTS) is 1. The van der Waals surface area contributed by atoms with Gasteiger partial charge >= 0.3 is 11.7 Å². The topological polar surface area (TPSA) is 96.6 Å². The number of anilines is 1. The van der Waals surface area contributed by atoms with Crippen LogP contribution in [0.5, 0.6) is 0 Å². The lowest BCUT2D eigenvalue weighted by molar-refractivity contribution is -0.384. The minimum absolute atomic E-state index is 0.0486. The van der Waals surface area contributed by atoms with Crippen LogP contribution >= 0.6 is 11.8 Å². The van der Waals surface area contributed by atoms with Crippen LogP contribution in [0.3, 0.4) is 0 Å². The van der Waals surface area contributed by atoms with E-state index >= 15 is 0 Å². The van der Waals surface area contributed by atoms with Gasteiger partial charge in [0.25, 0.3) is 0 Å². The number of thioether (sulfide) groups is 1. The molecule has 1 fully saturated rings. The van der Waals surface area contributed by atoms with Crippen molar-refractivity contribution in [2.45, 2.75) is 18.6 Å². The van der Waals surface area contributed by atoms with Gasteiger partial charge in [0.05, 0.1) is 4.92 Å². The first-order valence-electron chi connectivity index (χ1n) is 6.08. The Bertz CT molecular complexity index is 562. The highest BCUT2D eigenvalue weighted by molar-refractivity contribution is 8.00. The summed E-state index contributed by atoms with van der Waals surface area (Å²) >= 11 is 1.79. The van der Waals surface area contributed by atoms with Crippen molar-refractivity contribution in [1.29, 1.82) is 0 Å². The molecule has 2 heterocycles. The fraction of sp³-hybridized carbons (Fsp3) is 0.500. The number of carbonyl (C=O) groups is 1. The van der Waals surface area contributed by atoms with Gasteiger partial charge in [0.1, 0.15) is 0 Å². The maximum Gasteiger partial charge on any atom is 0.354 e. The molecule has 8 heteroatoms. The summed E-state index contributed by atoms with van der Waals surface area (Å²) < 4.78 is -0.0486. The molecule has 1 saturated heterocycles. The number of aromatic carboxylic acids is 1. The molecule has 108 valence electrons. The van der Waals surface area contributed by atoms with Crippen molar-refractivity contribution in [3.8, 4) is 0 Å². The second-order valence-corrected chi connectivity index (χ2v) is 6.93. The predicted molar refractivity (Wildman–Crippen MR) is 76.6 cm³/mol. The maximum atomic E-state index is 11.1. The molecule has 2 rings (SSSR count). The minimum atomic E-state index is -1.19. The molecule has 20 heavy (non-hydrogen) atoms. The molecule has 0 amide bonds. The first-order chi connectivity index (χ1) is 9.30. The van der Waals surface area contributed by atoms with Gasteiger partial charge in [-0.15, -0.1) is 0 Å². The van der Waals surface area contributed by atoms with E-state index in [0.29, 0.717) is 13.1 Å². The van der Waals surface area contributed by atoms with E-state index in [4.69, 9.17) is 5.11 Å². The van der Waals surface area contributed by atoms with Crippen molar-refractivity contribution in [3.05, 3.63) is 27.9 Å². The molecule has 1 N–H and O–H groups in total. The standard InChI is InChI=1S/C12H15N3O4S/c1-12(2)7-14(5-6-20-12)10-9(15(18)19)4-3-8(13-10)11(16)17/h3-4H,5-7H2,1-2H3,(H,16,17). The van der Waals surface area contributed by atoms with E-state index in [1.165, 1.54) is 6.07 Å². The Kier molecular flexibility index (Phi) is 3.85. The lowest BCUT2D eigenvalue weighted by Gasteiger charge is -2.37. The van der Waals surface area contributed by atoms with Crippen molar-refractivity contribution in [3.63, 3.8) is 0 Å². The fourth-order valence-electron chi connectivity index (χ4n) is 2.13. The number of pyridine rings is 1. The predicted octanol–water partition coefficient (Wildman–Crippen LogP) is 2.02. The van der Waals surface area contributed by atoms with E-state index in [1.807, 2.05) is 0 Å². The second-order valence-electron chi connectivity index (χ2n) is 5.13. The second kappa shape index (κ2) is 5.28. The van der Waals surface area contributed by atoms with E-state index in [-0.39, 0.29) is 21.9 Å². The Labute approximate surface area is 120 Å². The average Bonchev–Trinajstić information content (AvgIpc) is 2.36. The van der Waals surface area contributed by atoms with Gasteiger partial charge < -0.3 is 10.0 Å². The molecule has 0 atom stereocenters. The molecule has 0 aromatic carbocycles. The molecule has 1 aliphatic rings. The third-order valence-corrected chi connectivity index (χ3v) is 4.29. The molecule has 0 saturated carbocycles. The van der Waals surface area contributed by atoms with Crippen LogP contribution in [0.15, 0.2) is 12.1 Å². The van der Waals surface area contributed by atoms with Gasteiger partial charge in [0.15, 0.2) is 5.69 Å². The van der Waals surface area contributed by atoms with Gasteiger partial charge in [-0.2, -0.15) is 11.8 Å². The van der Waals surface area contributed by atoms with Crippen molar-refractivity contribution in [2.75, 3.05) is 23.7 Å². The van der Waals surface area contributed by atoms with Gasteiger partial charge in [0.2, 0.25) is 5.82 Å². The SMILES string of the molecule is CC1(C)CN(c2nc(C(=O)O)ccc2[N+](=O)[O-])CCS1. The number of nitrogens with zero attached hydrogens (tertiary/aromatic N) is 3. The quantitative estimate of drug-likeness (QED) is 0.673. The Morgan fingerprint density at radius 3 is 2.80 bits per heavy atom. The molecule has 7 nitrogen and oxygen atoms in total. The van der Waals surface area contributed by atoms with Crippen LogP contribution in [0.2, 0.25) is 0 Å². The van der Waals surface area contributed by atoms with Crippen molar-refractivity contribution >= 4 is 29.2 Å². The number of hydrogen-bond donors (Lipinski definition) is 1. The first-order valence-corrected chi connectivity index (χ1v) is 7.06. The van der Waals surface area contributed by atoms with Gasteiger partial charge in [-0.3, -0.25) is 10.1 Å². The Morgan fingerprint density at radius 2 is 2.25 bits per heavy atom. The van der Waals surface area contributed by atoms with E-state index in [0.717, 1.165) is 11.8 Å². The molecule has 1 aromatic rings. The molecule has 1 aliphatic heterocycles. The van der Waals surface area contributed by atoms with Crippen LogP contribution < -0.4 is 4.90 Å². The molecule has 1 aromatic heterocycles. The van der Waals surface area contributed by atoms with Gasteiger partial charge in [-0.25, -0.2) is 9.78 Å². The highest BCUT2D eigenvalue weighted by Gasteiger charge is 2.32. The summed E-state index contributed by atoms with van der Waals surface area (Å²) in [5, 5.41) is 20.1. The van der Waals surface area contributed by atoms with Crippen molar-refractivity contribution in [2.24, 2.45) is 0 Å². The zero-order valence-corrected chi connectivity index (χ0v) is 12.0. The number of aromatic nitrogens is 1. The van der Waals surface area contributed by atoms with Crippen LogP contribution in [-0.2, 0) is 0 Å². The summed E-state index contributed by atoms with van der Waals surface area (Å²) in [5.74, 6) is -0.224. The van der Waals surface area contributed by atoms with E-state index < -0.39 is 10.9 Å². The fourth-order valence-corrected chi connectivity index (χ4v) is 3.24. The lowest BCUT2D eigenvalue weighted by Crippen LogP contribution is -2.43. The first kappa shape index (κ1) is 14.6. The average molecular weight is 297 g/mol. The molecule has 0 bridgehead atoms. The summed E-state index contributed by atoms with van der Waals surface area (Å²) in [4.78, 5) is 27.3. The van der Waals surface area contributed by atoms with Crippen LogP contribution in [0.4, 0.5) is 11.5 Å². The molecule has 0 spiro atoms. The minimum Gasteiger partial charge on any atom is -0.477 e. The molecular formula is C12H15N3O4S. The monoisotopic (exact) mass is 297 g/mol. The summed E-state index contributed by atoms with van der Waals surface area (Å²) in [6, 6.07) is 2.37. The smallest absolute Gasteiger partial charge is 0.354 e. The lowest BCUT2D eigenvalue weighted by atomic mass is 10.1. The normalized spacial score (nSPS) is 17.8. The van der Waals surface area contributed by atoms with Crippen LogP contribution in [0.1, 0.15) is 24.3 Å². The zero-order valence-electron chi connectivity index (χ0n) is 11.2. The highest BCUT2D eigenvalue weighted by atomic mass is 32.2. The van der Waals surface area contributed by atoms with Crippen LogP contribution in [-0.4, -0.2) is 44.6 Å². The number of rotatable bonds is 3. The van der Waals surface area contributed by atoms with Crippen LogP contribution in [0, 0.1) is 10.1 Å². The van der Waals surface area contributed by atoms with Gasteiger partial charge in [0, 0.05) is 29.7 Å². The Hall–Kier alpha value is -1.83. The van der Waals surface area contributed by atoms with E-state index in [1.54, 1.807) is 16.7 Å². The number of hydrogen-bond acceptors (Lipinski definition) is 6. The highest BCUT2D eigenvalue weighted by Crippen LogP contribution is 2.35. The molecule has 0 aliphatic carbocycles. The third-order valence-electron chi connectivity index (χ3n) is 3.00. The number of carboxylic acids is 1. The third kappa shape index (κ3) is 3.01. The van der Waals surface area contributed by atoms with Crippen LogP contribution in [0.25, 0.3) is 0 Å².